The first-order valence-corrected chi connectivity index (χ1v) is 10.1. The summed E-state index contributed by atoms with van der Waals surface area (Å²) in [6.07, 6.45) is 2.30. The van der Waals surface area contributed by atoms with Crippen molar-refractivity contribution in [2.24, 2.45) is 5.92 Å². The lowest BCUT2D eigenvalue weighted by Crippen LogP contribution is -2.40. The van der Waals surface area contributed by atoms with Crippen molar-refractivity contribution in [1.29, 1.82) is 0 Å². The van der Waals surface area contributed by atoms with Crippen LogP contribution in [-0.2, 0) is 14.3 Å². The van der Waals surface area contributed by atoms with E-state index in [1.54, 1.807) is 17.0 Å². The molecule has 0 radical (unpaired) electrons. The molecule has 0 bridgehead atoms. The minimum atomic E-state index is -0.561. The number of nitrogens with zero attached hydrogens (tertiary/aromatic N) is 2. The highest BCUT2D eigenvalue weighted by molar-refractivity contribution is 6.21. The van der Waals surface area contributed by atoms with Crippen LogP contribution in [0.25, 0.3) is 0 Å². The van der Waals surface area contributed by atoms with Crippen molar-refractivity contribution in [3.8, 4) is 0 Å². The van der Waals surface area contributed by atoms with Gasteiger partial charge >= 0.3 is 5.97 Å². The second kappa shape index (κ2) is 8.66. The molecule has 0 saturated carbocycles. The molecule has 4 amide bonds. The summed E-state index contributed by atoms with van der Waals surface area (Å²) in [6.45, 7) is 0.303. The molecule has 1 saturated heterocycles. The van der Waals surface area contributed by atoms with E-state index in [1.165, 1.54) is 31.5 Å². The predicted molar refractivity (Wildman–Crippen MR) is 110 cm³/mol. The molecular weight excluding hydrogens is 418 g/mol. The maximum absolute atomic E-state index is 12.3. The number of fused-ring (bicyclic) bond motifs is 1. The van der Waals surface area contributed by atoms with Crippen molar-refractivity contribution in [2.75, 3.05) is 32.1 Å². The number of hydrogen-bond acceptors (Lipinski definition) is 7. The summed E-state index contributed by atoms with van der Waals surface area (Å²) in [7, 11) is 1.39. The maximum Gasteiger partial charge on any atom is 0.309 e. The Balaban J connectivity index is 1.25. The van der Waals surface area contributed by atoms with Crippen LogP contribution in [0.1, 0.15) is 44.1 Å². The zero-order valence-electron chi connectivity index (χ0n) is 17.3. The van der Waals surface area contributed by atoms with Crippen molar-refractivity contribution in [3.63, 3.8) is 0 Å². The number of imide groups is 1. The first kappa shape index (κ1) is 21.3. The molecule has 1 fully saturated rings. The predicted octanol–water partition coefficient (Wildman–Crippen LogP) is 1.54. The van der Waals surface area contributed by atoms with E-state index in [-0.39, 0.29) is 22.8 Å². The fourth-order valence-electron chi connectivity index (χ4n) is 3.76. The number of benzene rings is 1. The topological polar surface area (TPSA) is 126 Å². The highest BCUT2D eigenvalue weighted by Gasteiger charge is 2.33. The van der Waals surface area contributed by atoms with E-state index in [9.17, 15) is 24.0 Å². The third-order valence-electron chi connectivity index (χ3n) is 5.57. The lowest BCUT2D eigenvalue weighted by molar-refractivity contribution is -0.152. The number of nitrogens with one attached hydrogen (secondary N) is 1. The van der Waals surface area contributed by atoms with Gasteiger partial charge in [0.2, 0.25) is 0 Å². The van der Waals surface area contributed by atoms with Crippen LogP contribution in [0.2, 0.25) is 0 Å². The van der Waals surface area contributed by atoms with Gasteiger partial charge in [0.1, 0.15) is 0 Å². The molecule has 1 N–H and O–H groups in total. The normalized spacial score (nSPS) is 16.2. The molecule has 3 heterocycles. The molecule has 2 aliphatic heterocycles. The lowest BCUT2D eigenvalue weighted by atomic mass is 9.97. The van der Waals surface area contributed by atoms with Crippen molar-refractivity contribution in [3.05, 3.63) is 53.5 Å². The number of piperidine rings is 1. The number of amides is 4. The molecule has 0 atom stereocenters. The van der Waals surface area contributed by atoms with E-state index >= 15 is 0 Å². The summed E-state index contributed by atoms with van der Waals surface area (Å²) in [4.78, 5) is 63.4. The summed E-state index contributed by atoms with van der Waals surface area (Å²) in [5.41, 5.74) is 0.813. The number of furan rings is 1. The van der Waals surface area contributed by atoms with E-state index in [4.69, 9.17) is 9.15 Å². The van der Waals surface area contributed by atoms with Gasteiger partial charge in [0, 0.05) is 25.8 Å². The molecular formula is C22H21N3O7. The van der Waals surface area contributed by atoms with Crippen molar-refractivity contribution < 1.29 is 33.1 Å². The number of carbonyl (C=O) groups excluding carboxylic acids is 5. The Hall–Kier alpha value is -3.95. The van der Waals surface area contributed by atoms with Crippen LogP contribution in [-0.4, -0.2) is 66.1 Å². The largest absolute Gasteiger partial charge is 0.459 e. The Morgan fingerprint density at radius 3 is 2.50 bits per heavy atom. The molecule has 10 nitrogen and oxygen atoms in total. The summed E-state index contributed by atoms with van der Waals surface area (Å²) in [6, 6.07) is 7.63. The standard InChI is InChI=1S/C22H21N3O7/c1-24-19(27)15-5-4-14(11-16(15)20(24)28)23-18(26)12-32-22(30)13-6-8-25(9-7-13)21(29)17-3-2-10-31-17/h2-5,10-11,13H,6-9,12H2,1H3,(H,23,26). The smallest absolute Gasteiger partial charge is 0.309 e. The highest BCUT2D eigenvalue weighted by atomic mass is 16.5. The van der Waals surface area contributed by atoms with E-state index in [1.807, 2.05) is 0 Å². The van der Waals surface area contributed by atoms with E-state index in [0.717, 1.165) is 4.90 Å². The van der Waals surface area contributed by atoms with Crippen LogP contribution in [0.3, 0.4) is 0 Å². The van der Waals surface area contributed by atoms with Gasteiger partial charge in [-0.3, -0.25) is 28.9 Å². The second-order valence-electron chi connectivity index (χ2n) is 7.63. The second-order valence-corrected chi connectivity index (χ2v) is 7.63. The Bertz CT molecular complexity index is 1080. The number of esters is 1. The van der Waals surface area contributed by atoms with E-state index in [0.29, 0.717) is 31.6 Å². The molecule has 10 heteroatoms. The van der Waals surface area contributed by atoms with Crippen LogP contribution in [0, 0.1) is 5.92 Å². The number of ether oxygens (including phenoxy) is 1. The first-order valence-electron chi connectivity index (χ1n) is 10.1. The molecule has 166 valence electrons. The van der Waals surface area contributed by atoms with E-state index < -0.39 is 36.2 Å². The Morgan fingerprint density at radius 2 is 1.81 bits per heavy atom. The van der Waals surface area contributed by atoms with Crippen molar-refractivity contribution in [2.45, 2.75) is 12.8 Å². The van der Waals surface area contributed by atoms with Crippen LogP contribution in [0.4, 0.5) is 5.69 Å². The minimum absolute atomic E-state index is 0.211. The van der Waals surface area contributed by atoms with Crippen LogP contribution in [0.15, 0.2) is 41.0 Å². The van der Waals surface area contributed by atoms with Gasteiger partial charge < -0.3 is 19.4 Å². The van der Waals surface area contributed by atoms with Gasteiger partial charge in [-0.05, 0) is 43.2 Å². The zero-order valence-corrected chi connectivity index (χ0v) is 17.3. The molecule has 32 heavy (non-hydrogen) atoms. The molecule has 4 rings (SSSR count). The number of likely N-dealkylation sites (tertiary alicyclic amines) is 1. The SMILES string of the molecule is CN1C(=O)c2ccc(NC(=O)COC(=O)C3CCN(C(=O)c4ccco4)CC3)cc2C1=O. The number of anilines is 1. The van der Waals surface area contributed by atoms with Crippen LogP contribution >= 0.6 is 0 Å². The minimum Gasteiger partial charge on any atom is -0.459 e. The van der Waals surface area contributed by atoms with Gasteiger partial charge in [-0.2, -0.15) is 0 Å². The molecule has 2 aliphatic rings. The van der Waals surface area contributed by atoms with Gasteiger partial charge in [0.25, 0.3) is 23.6 Å². The lowest BCUT2D eigenvalue weighted by Gasteiger charge is -2.30. The maximum atomic E-state index is 12.3. The molecule has 2 aromatic rings. The summed E-state index contributed by atoms with van der Waals surface area (Å²) in [5.74, 6) is -2.26. The Morgan fingerprint density at radius 1 is 1.09 bits per heavy atom. The van der Waals surface area contributed by atoms with E-state index in [2.05, 4.69) is 5.32 Å². The average molecular weight is 439 g/mol. The average Bonchev–Trinajstić information content (AvgIpc) is 3.41. The molecule has 1 aromatic carbocycles. The Kier molecular flexibility index (Phi) is 5.76. The fourth-order valence-corrected chi connectivity index (χ4v) is 3.76. The number of hydrogen-bond donors (Lipinski definition) is 1. The van der Waals surface area contributed by atoms with Gasteiger partial charge in [-0.1, -0.05) is 0 Å². The zero-order chi connectivity index (χ0) is 22.8. The summed E-state index contributed by atoms with van der Waals surface area (Å²) in [5, 5.41) is 2.56. The molecule has 0 aliphatic carbocycles. The summed E-state index contributed by atoms with van der Waals surface area (Å²) >= 11 is 0. The van der Waals surface area contributed by atoms with Crippen molar-refractivity contribution in [1.82, 2.24) is 9.80 Å². The monoisotopic (exact) mass is 439 g/mol. The van der Waals surface area contributed by atoms with Crippen molar-refractivity contribution >= 4 is 35.3 Å². The number of rotatable bonds is 5. The first-order chi connectivity index (χ1) is 15.3. The molecule has 1 aromatic heterocycles. The molecule has 0 unspecified atom stereocenters. The van der Waals surface area contributed by atoms with Gasteiger partial charge in [-0.25, -0.2) is 0 Å². The van der Waals surface area contributed by atoms with Crippen LogP contribution in [0.5, 0.6) is 0 Å². The van der Waals surface area contributed by atoms with Gasteiger partial charge in [0.05, 0.1) is 23.3 Å². The Labute approximate surface area is 183 Å². The third kappa shape index (κ3) is 4.11. The third-order valence-corrected chi connectivity index (χ3v) is 5.57. The van der Waals surface area contributed by atoms with Crippen LogP contribution < -0.4 is 5.32 Å². The quantitative estimate of drug-likeness (QED) is 0.553. The van der Waals surface area contributed by atoms with Gasteiger partial charge in [-0.15, -0.1) is 0 Å². The number of carbonyl (C=O) groups is 5. The van der Waals surface area contributed by atoms with Gasteiger partial charge in [0.15, 0.2) is 12.4 Å². The highest BCUT2D eigenvalue weighted by Crippen LogP contribution is 2.25. The molecule has 0 spiro atoms. The summed E-state index contributed by atoms with van der Waals surface area (Å²) < 4.78 is 10.2. The fraction of sp³-hybridized carbons (Fsp3) is 0.318.